The van der Waals surface area contributed by atoms with Crippen LogP contribution >= 0.6 is 0 Å². The molecule has 0 spiro atoms. The molecule has 2 amide bonds. The minimum absolute atomic E-state index is 0.117. The monoisotopic (exact) mass is 250 g/mol. The fraction of sp³-hybridized carbons (Fsp3) is 0.857. The minimum atomic E-state index is -0.259. The molecule has 4 nitrogen and oxygen atoms in total. The molecular weight excluding hydrogens is 228 g/mol. The number of hydrogen-bond acceptors (Lipinski definition) is 2. The summed E-state index contributed by atoms with van der Waals surface area (Å²) in [4.78, 5) is 25.2. The van der Waals surface area contributed by atoms with Crippen LogP contribution in [0, 0.1) is 23.7 Å². The zero-order valence-electron chi connectivity index (χ0n) is 10.8. The molecule has 4 atom stereocenters. The fourth-order valence-electron chi connectivity index (χ4n) is 4.20. The van der Waals surface area contributed by atoms with E-state index in [9.17, 15) is 9.59 Å². The van der Waals surface area contributed by atoms with Crippen molar-refractivity contribution in [2.75, 3.05) is 13.1 Å². The summed E-state index contributed by atoms with van der Waals surface area (Å²) in [6, 6.07) is 0. The summed E-state index contributed by atoms with van der Waals surface area (Å²) in [6.07, 6.45) is 6.76. The molecule has 2 N–H and O–H groups in total. The van der Waals surface area contributed by atoms with Crippen molar-refractivity contribution in [3.05, 3.63) is 0 Å². The lowest BCUT2D eigenvalue weighted by atomic mass is 9.86. The number of nitrogens with two attached hydrogens (primary N) is 1. The van der Waals surface area contributed by atoms with Crippen LogP contribution in [0.3, 0.4) is 0 Å². The second-order valence-electron chi connectivity index (χ2n) is 6.37. The predicted octanol–water partition coefficient (Wildman–Crippen LogP) is 1.15. The van der Waals surface area contributed by atoms with E-state index in [4.69, 9.17) is 5.73 Å². The van der Waals surface area contributed by atoms with E-state index >= 15 is 0 Å². The fourth-order valence-corrected chi connectivity index (χ4v) is 4.20. The molecule has 18 heavy (non-hydrogen) atoms. The van der Waals surface area contributed by atoms with Crippen LogP contribution in [-0.4, -0.2) is 29.8 Å². The van der Waals surface area contributed by atoms with E-state index in [1.165, 1.54) is 25.7 Å². The van der Waals surface area contributed by atoms with E-state index in [-0.39, 0.29) is 17.7 Å². The molecule has 0 radical (unpaired) electrons. The molecule has 0 aromatic heterocycles. The lowest BCUT2D eigenvalue weighted by Crippen LogP contribution is -2.33. The number of nitrogens with zero attached hydrogens (tertiary/aromatic N) is 1. The van der Waals surface area contributed by atoms with Gasteiger partial charge >= 0.3 is 0 Å². The van der Waals surface area contributed by atoms with Crippen LogP contribution in [0.4, 0.5) is 0 Å². The Bertz CT molecular complexity index is 369. The highest BCUT2D eigenvalue weighted by Gasteiger charge is 2.41. The maximum Gasteiger partial charge on any atom is 0.222 e. The van der Waals surface area contributed by atoms with Gasteiger partial charge in [0.15, 0.2) is 0 Å². The Morgan fingerprint density at radius 2 is 2.00 bits per heavy atom. The normalized spacial score (nSPS) is 38.3. The minimum Gasteiger partial charge on any atom is -0.369 e. The molecule has 0 aromatic carbocycles. The largest absolute Gasteiger partial charge is 0.369 e. The lowest BCUT2D eigenvalue weighted by molar-refractivity contribution is -0.131. The van der Waals surface area contributed by atoms with Crippen LogP contribution in [0.5, 0.6) is 0 Å². The number of rotatable bonds is 3. The van der Waals surface area contributed by atoms with Gasteiger partial charge in [-0.1, -0.05) is 6.42 Å². The van der Waals surface area contributed by atoms with E-state index in [0.29, 0.717) is 25.4 Å². The number of carbonyl (C=O) groups excluding carboxylic acids is 2. The maximum absolute atomic E-state index is 12.2. The molecule has 1 aliphatic heterocycles. The van der Waals surface area contributed by atoms with E-state index < -0.39 is 0 Å². The second kappa shape index (κ2) is 4.56. The van der Waals surface area contributed by atoms with Crippen molar-refractivity contribution in [3.8, 4) is 0 Å². The van der Waals surface area contributed by atoms with Crippen molar-refractivity contribution in [3.63, 3.8) is 0 Å². The topological polar surface area (TPSA) is 63.4 Å². The summed E-state index contributed by atoms with van der Waals surface area (Å²) in [6.45, 7) is 1.27. The van der Waals surface area contributed by atoms with E-state index in [0.717, 1.165) is 18.3 Å². The quantitative estimate of drug-likeness (QED) is 0.816. The molecule has 2 saturated carbocycles. The Kier molecular flexibility index (Phi) is 3.04. The Morgan fingerprint density at radius 1 is 1.17 bits per heavy atom. The molecule has 3 rings (SSSR count). The van der Waals surface area contributed by atoms with Gasteiger partial charge in [-0.15, -0.1) is 0 Å². The van der Waals surface area contributed by atoms with Crippen molar-refractivity contribution in [1.82, 2.24) is 4.90 Å². The third kappa shape index (κ3) is 2.13. The number of hydrogen-bond donors (Lipinski definition) is 1. The van der Waals surface area contributed by atoms with Gasteiger partial charge in [0.2, 0.25) is 11.8 Å². The molecule has 2 bridgehead atoms. The average molecular weight is 250 g/mol. The Balaban J connectivity index is 1.52. The first kappa shape index (κ1) is 12.0. The van der Waals surface area contributed by atoms with Crippen LogP contribution < -0.4 is 5.73 Å². The third-order valence-electron chi connectivity index (χ3n) is 5.26. The Labute approximate surface area is 108 Å². The average Bonchev–Trinajstić information content (AvgIpc) is 3.04. The van der Waals surface area contributed by atoms with Gasteiger partial charge in [0, 0.05) is 19.5 Å². The van der Waals surface area contributed by atoms with Gasteiger partial charge in [-0.25, -0.2) is 0 Å². The molecule has 3 fully saturated rings. The summed E-state index contributed by atoms with van der Waals surface area (Å²) in [5, 5.41) is 0. The van der Waals surface area contributed by atoms with Gasteiger partial charge in [0.1, 0.15) is 0 Å². The standard InChI is InChI=1S/C14H22N2O2/c15-14(18)11-3-4-16(8-11)13(17)7-12-6-9-1-2-10(12)5-9/h9-12H,1-8H2,(H2,15,18)/t9-,10-,11+,12+/m0/s1. The van der Waals surface area contributed by atoms with Gasteiger partial charge in [0.25, 0.3) is 0 Å². The van der Waals surface area contributed by atoms with Gasteiger partial charge in [0.05, 0.1) is 5.92 Å². The molecule has 4 heteroatoms. The number of carbonyl (C=O) groups is 2. The number of fused-ring (bicyclic) bond motifs is 2. The molecular formula is C14H22N2O2. The Hall–Kier alpha value is -1.06. The van der Waals surface area contributed by atoms with Crippen LogP contribution in [-0.2, 0) is 9.59 Å². The highest BCUT2D eigenvalue weighted by molar-refractivity contribution is 5.81. The van der Waals surface area contributed by atoms with Crippen molar-refractivity contribution in [2.24, 2.45) is 29.4 Å². The van der Waals surface area contributed by atoms with Crippen LogP contribution in [0.15, 0.2) is 0 Å². The zero-order valence-corrected chi connectivity index (χ0v) is 10.8. The van der Waals surface area contributed by atoms with Gasteiger partial charge in [-0.3, -0.25) is 9.59 Å². The maximum atomic E-state index is 12.2. The molecule has 1 heterocycles. The number of primary amides is 1. The van der Waals surface area contributed by atoms with Crippen molar-refractivity contribution in [2.45, 2.75) is 38.5 Å². The smallest absolute Gasteiger partial charge is 0.222 e. The van der Waals surface area contributed by atoms with Crippen molar-refractivity contribution < 1.29 is 9.59 Å². The lowest BCUT2D eigenvalue weighted by Gasteiger charge is -2.24. The summed E-state index contributed by atoms with van der Waals surface area (Å²) < 4.78 is 0. The van der Waals surface area contributed by atoms with E-state index in [2.05, 4.69) is 0 Å². The summed E-state index contributed by atoms with van der Waals surface area (Å²) >= 11 is 0. The molecule has 3 aliphatic rings. The van der Waals surface area contributed by atoms with Crippen LogP contribution in [0.1, 0.15) is 38.5 Å². The van der Waals surface area contributed by atoms with E-state index in [1.807, 2.05) is 4.90 Å². The van der Waals surface area contributed by atoms with E-state index in [1.54, 1.807) is 0 Å². The molecule has 2 aliphatic carbocycles. The predicted molar refractivity (Wildman–Crippen MR) is 67.4 cm³/mol. The number of amides is 2. The second-order valence-corrected chi connectivity index (χ2v) is 6.37. The van der Waals surface area contributed by atoms with Crippen molar-refractivity contribution in [1.29, 1.82) is 0 Å². The van der Waals surface area contributed by atoms with Crippen LogP contribution in [0.2, 0.25) is 0 Å². The molecule has 0 aromatic rings. The first-order chi connectivity index (χ1) is 8.63. The number of likely N-dealkylation sites (tertiary alicyclic amines) is 1. The van der Waals surface area contributed by atoms with Gasteiger partial charge in [-0.2, -0.15) is 0 Å². The van der Waals surface area contributed by atoms with Crippen LogP contribution in [0.25, 0.3) is 0 Å². The summed E-state index contributed by atoms with van der Waals surface area (Å²) in [5.74, 6) is 2.18. The summed E-state index contributed by atoms with van der Waals surface area (Å²) in [5.41, 5.74) is 5.30. The molecule has 0 unspecified atom stereocenters. The highest BCUT2D eigenvalue weighted by Crippen LogP contribution is 2.49. The van der Waals surface area contributed by atoms with Gasteiger partial charge in [-0.05, 0) is 43.4 Å². The Morgan fingerprint density at radius 3 is 2.56 bits per heavy atom. The summed E-state index contributed by atoms with van der Waals surface area (Å²) in [7, 11) is 0. The first-order valence-electron chi connectivity index (χ1n) is 7.20. The molecule has 100 valence electrons. The highest BCUT2D eigenvalue weighted by atomic mass is 16.2. The third-order valence-corrected chi connectivity index (χ3v) is 5.26. The first-order valence-corrected chi connectivity index (χ1v) is 7.20. The SMILES string of the molecule is NC(=O)[C@@H]1CCN(C(=O)C[C@H]2C[C@H]3CC[C@H]2C3)C1. The molecule has 1 saturated heterocycles. The van der Waals surface area contributed by atoms with Crippen molar-refractivity contribution >= 4 is 11.8 Å². The zero-order chi connectivity index (χ0) is 12.7. The van der Waals surface area contributed by atoms with Gasteiger partial charge < -0.3 is 10.6 Å².